The average Bonchev–Trinajstić information content (AvgIpc) is 2.85. The maximum atomic E-state index is 10.5. The Balaban J connectivity index is 2.14. The maximum absolute atomic E-state index is 10.5. The van der Waals surface area contributed by atoms with Crippen molar-refractivity contribution < 1.29 is 9.90 Å². The molecule has 2 aromatic rings. The molecule has 0 saturated carbocycles. The van der Waals surface area contributed by atoms with Crippen LogP contribution in [0.25, 0.3) is 0 Å². The van der Waals surface area contributed by atoms with Crippen molar-refractivity contribution in [2.24, 2.45) is 0 Å². The monoisotopic (exact) mass is 276 g/mol. The van der Waals surface area contributed by atoms with Gasteiger partial charge in [0.15, 0.2) is 5.13 Å². The fourth-order valence-corrected chi connectivity index (χ4v) is 2.68. The van der Waals surface area contributed by atoms with Crippen LogP contribution in [0, 0.1) is 6.92 Å². The summed E-state index contributed by atoms with van der Waals surface area (Å²) in [5.74, 6) is -0.790. The van der Waals surface area contributed by atoms with Gasteiger partial charge in [0.25, 0.3) is 0 Å². The number of aliphatic carboxylic acids is 1. The second kappa shape index (κ2) is 5.84. The van der Waals surface area contributed by atoms with E-state index in [0.717, 1.165) is 16.5 Å². The van der Waals surface area contributed by atoms with Crippen molar-refractivity contribution in [2.75, 3.05) is 11.9 Å². The molecule has 0 spiro atoms. The predicted molar refractivity (Wildman–Crippen MR) is 77.3 cm³/mol. The van der Waals surface area contributed by atoms with E-state index in [4.69, 9.17) is 5.11 Å². The fraction of sp³-hybridized carbons (Fsp3) is 0.286. The molecule has 0 bridgehead atoms. The molecule has 0 aliphatic heterocycles. The van der Waals surface area contributed by atoms with Gasteiger partial charge < -0.3 is 10.0 Å². The third kappa shape index (κ3) is 3.32. The van der Waals surface area contributed by atoms with Crippen LogP contribution in [-0.2, 0) is 11.2 Å². The summed E-state index contributed by atoms with van der Waals surface area (Å²) in [5.41, 5.74) is 3.14. The molecule has 1 aromatic carbocycles. The zero-order chi connectivity index (χ0) is 13.8. The lowest BCUT2D eigenvalue weighted by molar-refractivity contribution is -0.136. The van der Waals surface area contributed by atoms with E-state index in [1.807, 2.05) is 35.5 Å². The molecule has 100 valence electrons. The second-order valence-corrected chi connectivity index (χ2v) is 5.20. The van der Waals surface area contributed by atoms with Crippen LogP contribution in [0.2, 0.25) is 0 Å². The van der Waals surface area contributed by atoms with Crippen LogP contribution in [0.3, 0.4) is 0 Å². The molecule has 0 unspecified atom stereocenters. The molecule has 0 aliphatic rings. The van der Waals surface area contributed by atoms with Crippen LogP contribution in [0.4, 0.5) is 10.8 Å². The van der Waals surface area contributed by atoms with Crippen LogP contribution >= 0.6 is 11.3 Å². The lowest BCUT2D eigenvalue weighted by Gasteiger charge is -2.18. The lowest BCUT2D eigenvalue weighted by Crippen LogP contribution is -2.10. The van der Waals surface area contributed by atoms with E-state index in [9.17, 15) is 4.79 Å². The largest absolute Gasteiger partial charge is 0.481 e. The van der Waals surface area contributed by atoms with Gasteiger partial charge in [-0.1, -0.05) is 18.2 Å². The zero-order valence-corrected chi connectivity index (χ0v) is 11.8. The standard InChI is InChI=1S/C14H16N2O2S/c1-10-5-3-4-6-12(10)16(2)14-15-11(9-19-14)7-8-13(17)18/h3-6,9H,7-8H2,1-2H3,(H,17,18). The van der Waals surface area contributed by atoms with Crippen molar-refractivity contribution in [2.45, 2.75) is 19.8 Å². The van der Waals surface area contributed by atoms with Crippen molar-refractivity contribution in [1.82, 2.24) is 4.98 Å². The van der Waals surface area contributed by atoms with E-state index in [1.165, 1.54) is 16.9 Å². The van der Waals surface area contributed by atoms with E-state index < -0.39 is 5.97 Å². The van der Waals surface area contributed by atoms with Gasteiger partial charge in [-0.3, -0.25) is 4.79 Å². The Morgan fingerprint density at radius 3 is 2.84 bits per heavy atom. The van der Waals surface area contributed by atoms with Crippen molar-refractivity contribution in [3.05, 3.63) is 40.9 Å². The first-order chi connectivity index (χ1) is 9.08. The molecular formula is C14H16N2O2S. The van der Waals surface area contributed by atoms with Gasteiger partial charge in [0.05, 0.1) is 12.1 Å². The summed E-state index contributed by atoms with van der Waals surface area (Å²) >= 11 is 1.53. The van der Waals surface area contributed by atoms with Gasteiger partial charge in [0.1, 0.15) is 0 Å². The SMILES string of the molecule is Cc1ccccc1N(C)c1nc(CCC(=O)O)cs1. The summed E-state index contributed by atoms with van der Waals surface area (Å²) in [4.78, 5) is 17.1. The van der Waals surface area contributed by atoms with Gasteiger partial charge in [0.2, 0.25) is 0 Å². The Morgan fingerprint density at radius 1 is 1.42 bits per heavy atom. The van der Waals surface area contributed by atoms with Crippen LogP contribution < -0.4 is 4.90 Å². The normalized spacial score (nSPS) is 10.4. The Bertz CT molecular complexity index is 580. The third-order valence-corrected chi connectivity index (χ3v) is 3.86. The highest BCUT2D eigenvalue weighted by Gasteiger charge is 2.11. The van der Waals surface area contributed by atoms with Crippen LogP contribution in [0.1, 0.15) is 17.7 Å². The number of carbonyl (C=O) groups is 1. The molecule has 0 radical (unpaired) electrons. The highest BCUT2D eigenvalue weighted by Crippen LogP contribution is 2.29. The molecule has 19 heavy (non-hydrogen) atoms. The van der Waals surface area contributed by atoms with Crippen LogP contribution in [0.5, 0.6) is 0 Å². The number of para-hydroxylation sites is 1. The number of carboxylic acid groups (broad SMARTS) is 1. The summed E-state index contributed by atoms with van der Waals surface area (Å²) < 4.78 is 0. The predicted octanol–water partition coefficient (Wildman–Crippen LogP) is 3.24. The van der Waals surface area contributed by atoms with Gasteiger partial charge in [-0.15, -0.1) is 11.3 Å². The quantitative estimate of drug-likeness (QED) is 0.911. The number of hydrogen-bond donors (Lipinski definition) is 1. The van der Waals surface area contributed by atoms with Gasteiger partial charge in [-0.25, -0.2) is 4.98 Å². The Kier molecular flexibility index (Phi) is 4.16. The van der Waals surface area contributed by atoms with Crippen molar-refractivity contribution in [1.29, 1.82) is 0 Å². The molecule has 0 aliphatic carbocycles. The van der Waals surface area contributed by atoms with Crippen LogP contribution in [0.15, 0.2) is 29.6 Å². The highest BCUT2D eigenvalue weighted by molar-refractivity contribution is 7.13. The molecule has 5 heteroatoms. The first kappa shape index (κ1) is 13.5. The summed E-state index contributed by atoms with van der Waals surface area (Å²) in [5, 5.41) is 11.5. The number of aromatic nitrogens is 1. The van der Waals surface area contributed by atoms with E-state index in [1.54, 1.807) is 0 Å². The fourth-order valence-electron chi connectivity index (χ4n) is 1.84. The summed E-state index contributed by atoms with van der Waals surface area (Å²) in [7, 11) is 1.97. The number of benzene rings is 1. The van der Waals surface area contributed by atoms with Gasteiger partial charge >= 0.3 is 5.97 Å². The van der Waals surface area contributed by atoms with Gasteiger partial charge in [-0.2, -0.15) is 0 Å². The first-order valence-electron chi connectivity index (χ1n) is 6.03. The smallest absolute Gasteiger partial charge is 0.303 e. The number of hydrogen-bond acceptors (Lipinski definition) is 4. The number of nitrogens with zero attached hydrogens (tertiary/aromatic N) is 2. The molecular weight excluding hydrogens is 260 g/mol. The molecule has 1 N–H and O–H groups in total. The van der Waals surface area contributed by atoms with Gasteiger partial charge in [-0.05, 0) is 18.6 Å². The minimum atomic E-state index is -0.790. The summed E-state index contributed by atoms with van der Waals surface area (Å²) in [6.45, 7) is 2.06. The summed E-state index contributed by atoms with van der Waals surface area (Å²) in [6.07, 6.45) is 0.602. The topological polar surface area (TPSA) is 53.4 Å². The molecule has 0 saturated heterocycles. The van der Waals surface area contributed by atoms with Gasteiger partial charge in [0, 0.05) is 24.5 Å². The first-order valence-corrected chi connectivity index (χ1v) is 6.91. The molecule has 0 atom stereocenters. The Hall–Kier alpha value is -1.88. The molecule has 2 rings (SSSR count). The Labute approximate surface area is 116 Å². The number of thiazole rings is 1. The van der Waals surface area contributed by atoms with E-state index in [2.05, 4.69) is 18.0 Å². The van der Waals surface area contributed by atoms with E-state index in [0.29, 0.717) is 6.42 Å². The van der Waals surface area contributed by atoms with E-state index >= 15 is 0 Å². The van der Waals surface area contributed by atoms with E-state index in [-0.39, 0.29) is 6.42 Å². The third-order valence-electron chi connectivity index (χ3n) is 2.90. The second-order valence-electron chi connectivity index (χ2n) is 4.36. The minimum Gasteiger partial charge on any atom is -0.481 e. The average molecular weight is 276 g/mol. The molecule has 1 aromatic heterocycles. The van der Waals surface area contributed by atoms with Crippen LogP contribution in [-0.4, -0.2) is 23.1 Å². The minimum absolute atomic E-state index is 0.122. The molecule has 4 nitrogen and oxygen atoms in total. The molecule has 0 fully saturated rings. The number of aryl methyl sites for hydroxylation is 2. The van der Waals surface area contributed by atoms with Crippen molar-refractivity contribution in [3.63, 3.8) is 0 Å². The molecule has 1 heterocycles. The maximum Gasteiger partial charge on any atom is 0.303 e. The van der Waals surface area contributed by atoms with Crippen molar-refractivity contribution in [3.8, 4) is 0 Å². The Morgan fingerprint density at radius 2 is 2.16 bits per heavy atom. The highest BCUT2D eigenvalue weighted by atomic mass is 32.1. The summed E-state index contributed by atoms with van der Waals surface area (Å²) in [6, 6.07) is 8.11. The van der Waals surface area contributed by atoms with Crippen molar-refractivity contribution >= 4 is 28.1 Å². The zero-order valence-electron chi connectivity index (χ0n) is 11.0. The lowest BCUT2D eigenvalue weighted by atomic mass is 10.2. The number of anilines is 2. The number of rotatable bonds is 5. The molecule has 0 amide bonds. The number of carboxylic acids is 1.